The van der Waals surface area contributed by atoms with Crippen molar-refractivity contribution in [2.75, 3.05) is 13.2 Å². The minimum absolute atomic E-state index is 0.274. The standard InChI is InChI=1S/C13H14O4/c1-6-11(14)9(2-7-4-15-7)10(3-8-5-16-8)13-12(6)17-13/h7-8,14H,2-5H2,1H3. The topological polar surface area (TPSA) is 57.8 Å². The highest BCUT2D eigenvalue weighted by Gasteiger charge is 2.38. The molecular weight excluding hydrogens is 220 g/mol. The van der Waals surface area contributed by atoms with Crippen molar-refractivity contribution in [3.63, 3.8) is 0 Å². The molecule has 1 aromatic carbocycles. The number of hydrogen-bond acceptors (Lipinski definition) is 4. The Labute approximate surface area is 99.1 Å². The average Bonchev–Trinajstić information content (AvgIpc) is 3.11. The van der Waals surface area contributed by atoms with Crippen LogP contribution in [0.3, 0.4) is 0 Å². The van der Waals surface area contributed by atoms with Gasteiger partial charge < -0.3 is 19.3 Å². The van der Waals surface area contributed by atoms with Gasteiger partial charge in [-0.1, -0.05) is 0 Å². The second-order valence-electron chi connectivity index (χ2n) is 5.01. The van der Waals surface area contributed by atoms with Gasteiger partial charge in [-0.05, 0) is 6.92 Å². The quantitative estimate of drug-likeness (QED) is 0.818. The summed E-state index contributed by atoms with van der Waals surface area (Å²) < 4.78 is 16.0. The maximum Gasteiger partial charge on any atom is 0.177 e. The molecule has 0 aliphatic carbocycles. The molecule has 0 aromatic heterocycles. The summed E-state index contributed by atoms with van der Waals surface area (Å²) in [5.41, 5.74) is 2.98. The normalized spacial score (nSPS) is 27.4. The van der Waals surface area contributed by atoms with Crippen LogP contribution < -0.4 is 4.74 Å². The molecule has 2 saturated heterocycles. The molecule has 17 heavy (non-hydrogen) atoms. The van der Waals surface area contributed by atoms with Crippen molar-refractivity contribution in [3.8, 4) is 17.2 Å². The van der Waals surface area contributed by atoms with Crippen LogP contribution in [0.15, 0.2) is 0 Å². The van der Waals surface area contributed by atoms with Crippen molar-refractivity contribution < 1.29 is 19.3 Å². The third kappa shape index (κ3) is 1.59. The molecule has 0 bridgehead atoms. The Bertz CT molecular complexity index is 501. The van der Waals surface area contributed by atoms with Gasteiger partial charge in [0.2, 0.25) is 0 Å². The highest BCUT2D eigenvalue weighted by molar-refractivity contribution is 5.71. The summed E-state index contributed by atoms with van der Waals surface area (Å²) >= 11 is 0. The number of rotatable bonds is 4. The van der Waals surface area contributed by atoms with Crippen LogP contribution >= 0.6 is 0 Å². The molecule has 1 N–H and O–H groups in total. The first-order chi connectivity index (χ1) is 8.24. The second kappa shape index (κ2) is 3.15. The molecule has 0 radical (unpaired) electrons. The van der Waals surface area contributed by atoms with E-state index >= 15 is 0 Å². The van der Waals surface area contributed by atoms with Crippen molar-refractivity contribution in [3.05, 3.63) is 16.7 Å². The van der Waals surface area contributed by atoms with Crippen molar-refractivity contribution in [1.29, 1.82) is 0 Å². The number of epoxide rings is 2. The monoisotopic (exact) mass is 234 g/mol. The lowest BCUT2D eigenvalue weighted by atomic mass is 9.96. The number of phenolic OH excluding ortho intramolecular Hbond substituents is 1. The number of hydrogen-bond donors (Lipinski definition) is 1. The Hall–Kier alpha value is -1.26. The van der Waals surface area contributed by atoms with Crippen LogP contribution in [0.25, 0.3) is 0 Å². The number of fused-ring (bicyclic) bond motifs is 1. The maximum atomic E-state index is 10.2. The average molecular weight is 234 g/mol. The summed E-state index contributed by atoms with van der Waals surface area (Å²) in [4.78, 5) is 0. The number of benzene rings is 1. The molecule has 0 saturated carbocycles. The lowest BCUT2D eigenvalue weighted by Crippen LogP contribution is -2.02. The largest absolute Gasteiger partial charge is 0.507 e. The molecule has 4 nitrogen and oxygen atoms in total. The van der Waals surface area contributed by atoms with Gasteiger partial charge in [0.1, 0.15) is 5.75 Å². The summed E-state index contributed by atoms with van der Waals surface area (Å²) in [5, 5.41) is 10.2. The van der Waals surface area contributed by atoms with E-state index in [-0.39, 0.29) is 6.10 Å². The minimum Gasteiger partial charge on any atom is -0.507 e. The van der Waals surface area contributed by atoms with Crippen LogP contribution in [0.2, 0.25) is 0 Å². The predicted molar refractivity (Wildman–Crippen MR) is 59.8 cm³/mol. The van der Waals surface area contributed by atoms with Gasteiger partial charge in [0.25, 0.3) is 0 Å². The Balaban J connectivity index is 1.76. The number of ether oxygens (including phenoxy) is 3. The SMILES string of the molecule is Cc1c(O)c(CC2CO2)c(CC2CO2)c2c1O2. The van der Waals surface area contributed by atoms with Crippen LogP contribution in [-0.4, -0.2) is 30.5 Å². The lowest BCUT2D eigenvalue weighted by Gasteiger charge is -2.08. The molecule has 0 amide bonds. The molecule has 2 fully saturated rings. The van der Waals surface area contributed by atoms with E-state index in [1.54, 1.807) is 0 Å². The van der Waals surface area contributed by atoms with Crippen LogP contribution in [0.4, 0.5) is 0 Å². The van der Waals surface area contributed by atoms with Gasteiger partial charge in [-0.2, -0.15) is 0 Å². The van der Waals surface area contributed by atoms with E-state index < -0.39 is 0 Å². The third-order valence-electron chi connectivity index (χ3n) is 3.66. The highest BCUT2D eigenvalue weighted by Crippen LogP contribution is 2.56. The molecule has 4 rings (SSSR count). The van der Waals surface area contributed by atoms with Crippen molar-refractivity contribution in [2.45, 2.75) is 32.0 Å². The van der Waals surface area contributed by atoms with E-state index in [0.29, 0.717) is 11.9 Å². The van der Waals surface area contributed by atoms with Gasteiger partial charge in [-0.3, -0.25) is 0 Å². The summed E-state index contributed by atoms with van der Waals surface area (Å²) in [6.45, 7) is 3.52. The summed E-state index contributed by atoms with van der Waals surface area (Å²) in [5.74, 6) is 2.21. The molecule has 2 atom stereocenters. The van der Waals surface area contributed by atoms with Gasteiger partial charge in [-0.25, -0.2) is 0 Å². The summed E-state index contributed by atoms with van der Waals surface area (Å²) in [6.07, 6.45) is 2.21. The van der Waals surface area contributed by atoms with Crippen LogP contribution in [0.1, 0.15) is 16.7 Å². The van der Waals surface area contributed by atoms with E-state index in [1.165, 1.54) is 0 Å². The fraction of sp³-hybridized carbons (Fsp3) is 0.538. The minimum atomic E-state index is 0.274. The first kappa shape index (κ1) is 9.74. The van der Waals surface area contributed by atoms with E-state index in [9.17, 15) is 5.11 Å². The Kier molecular flexibility index (Phi) is 1.80. The number of phenols is 1. The van der Waals surface area contributed by atoms with Crippen LogP contribution in [0, 0.1) is 6.92 Å². The zero-order chi connectivity index (χ0) is 11.6. The molecule has 3 aliphatic heterocycles. The van der Waals surface area contributed by atoms with Gasteiger partial charge >= 0.3 is 0 Å². The third-order valence-corrected chi connectivity index (χ3v) is 3.66. The summed E-state index contributed by atoms with van der Waals surface area (Å²) in [6, 6.07) is 0. The molecule has 2 unspecified atom stereocenters. The van der Waals surface area contributed by atoms with Crippen molar-refractivity contribution >= 4 is 0 Å². The van der Waals surface area contributed by atoms with Crippen molar-refractivity contribution in [1.82, 2.24) is 0 Å². The fourth-order valence-corrected chi connectivity index (χ4v) is 2.40. The molecule has 3 heterocycles. The first-order valence-corrected chi connectivity index (χ1v) is 6.02. The zero-order valence-corrected chi connectivity index (χ0v) is 9.66. The van der Waals surface area contributed by atoms with E-state index in [2.05, 4.69) is 0 Å². The fourth-order valence-electron chi connectivity index (χ4n) is 2.40. The first-order valence-electron chi connectivity index (χ1n) is 6.02. The zero-order valence-electron chi connectivity index (χ0n) is 9.66. The molecule has 1 aromatic rings. The van der Waals surface area contributed by atoms with E-state index in [4.69, 9.17) is 14.2 Å². The molecule has 0 spiro atoms. The predicted octanol–water partition coefficient (Wildman–Crippen LogP) is 1.69. The molecule has 4 heteroatoms. The molecular formula is C13H14O4. The van der Waals surface area contributed by atoms with Gasteiger partial charge in [-0.15, -0.1) is 0 Å². The van der Waals surface area contributed by atoms with E-state index in [1.807, 2.05) is 6.92 Å². The van der Waals surface area contributed by atoms with Crippen molar-refractivity contribution in [2.24, 2.45) is 0 Å². The Morgan fingerprint density at radius 2 is 1.65 bits per heavy atom. The van der Waals surface area contributed by atoms with Crippen LogP contribution in [0.5, 0.6) is 17.2 Å². The lowest BCUT2D eigenvalue weighted by molar-refractivity contribution is 0.396. The van der Waals surface area contributed by atoms with Crippen LogP contribution in [-0.2, 0) is 22.3 Å². The van der Waals surface area contributed by atoms with Gasteiger partial charge in [0.15, 0.2) is 11.5 Å². The number of aromatic hydroxyl groups is 1. The summed E-state index contributed by atoms with van der Waals surface area (Å²) in [7, 11) is 0. The Morgan fingerprint density at radius 3 is 2.24 bits per heavy atom. The Morgan fingerprint density at radius 1 is 1.06 bits per heavy atom. The molecule has 90 valence electrons. The molecule has 3 aliphatic rings. The highest BCUT2D eigenvalue weighted by atomic mass is 16.6. The maximum absolute atomic E-state index is 10.2. The van der Waals surface area contributed by atoms with Gasteiger partial charge in [0, 0.05) is 29.5 Å². The second-order valence-corrected chi connectivity index (χ2v) is 5.01. The smallest absolute Gasteiger partial charge is 0.177 e. The van der Waals surface area contributed by atoms with Gasteiger partial charge in [0.05, 0.1) is 25.4 Å². The van der Waals surface area contributed by atoms with E-state index in [0.717, 1.165) is 54.2 Å².